The van der Waals surface area contributed by atoms with Crippen LogP contribution in [-0.2, 0) is 6.54 Å². The van der Waals surface area contributed by atoms with Crippen LogP contribution in [0, 0.1) is 6.92 Å². The molecule has 0 aliphatic heterocycles. The summed E-state index contributed by atoms with van der Waals surface area (Å²) in [7, 11) is 0. The van der Waals surface area contributed by atoms with Crippen molar-refractivity contribution in [3.63, 3.8) is 0 Å². The number of rotatable bonds is 4. The number of hydrogen-bond acceptors (Lipinski definition) is 3. The Bertz CT molecular complexity index is 590. The molecule has 0 unspecified atom stereocenters. The first-order valence-corrected chi connectivity index (χ1v) is 6.06. The van der Waals surface area contributed by atoms with Crippen LogP contribution in [0.25, 0.3) is 0 Å². The van der Waals surface area contributed by atoms with Crippen molar-refractivity contribution >= 4 is 5.69 Å². The van der Waals surface area contributed by atoms with Crippen molar-refractivity contribution in [1.82, 2.24) is 9.78 Å². The molecular weight excluding hydrogens is 226 g/mol. The van der Waals surface area contributed by atoms with Gasteiger partial charge in [-0.25, -0.2) is 4.68 Å². The average Bonchev–Trinajstić information content (AvgIpc) is 2.35. The average molecular weight is 243 g/mol. The first-order chi connectivity index (χ1) is 8.70. The molecule has 1 N–H and O–H groups in total. The number of aromatic nitrogens is 2. The van der Waals surface area contributed by atoms with Gasteiger partial charge in [0.2, 0.25) is 0 Å². The molecule has 0 fully saturated rings. The molecule has 4 heteroatoms. The lowest BCUT2D eigenvalue weighted by Gasteiger charge is -2.08. The van der Waals surface area contributed by atoms with Gasteiger partial charge in [-0.2, -0.15) is 5.10 Å². The van der Waals surface area contributed by atoms with Crippen LogP contribution in [0.4, 0.5) is 5.69 Å². The zero-order valence-corrected chi connectivity index (χ0v) is 10.7. The van der Waals surface area contributed by atoms with E-state index in [0.29, 0.717) is 6.54 Å². The minimum absolute atomic E-state index is 0.0864. The summed E-state index contributed by atoms with van der Waals surface area (Å²) in [5.41, 5.74) is 2.96. The summed E-state index contributed by atoms with van der Waals surface area (Å²) in [6, 6.07) is 9.59. The Morgan fingerprint density at radius 2 is 2.11 bits per heavy atom. The molecule has 18 heavy (non-hydrogen) atoms. The van der Waals surface area contributed by atoms with Crippen LogP contribution in [0.5, 0.6) is 0 Å². The van der Waals surface area contributed by atoms with Gasteiger partial charge in [-0.05, 0) is 25.0 Å². The SMILES string of the molecule is CCNc1cnn(Cc2ccccc2C)c(=O)c1. The minimum atomic E-state index is -0.0864. The largest absolute Gasteiger partial charge is 0.384 e. The highest BCUT2D eigenvalue weighted by atomic mass is 16.1. The van der Waals surface area contributed by atoms with Crippen LogP contribution in [0.3, 0.4) is 0 Å². The van der Waals surface area contributed by atoms with E-state index in [4.69, 9.17) is 0 Å². The molecule has 0 atom stereocenters. The van der Waals surface area contributed by atoms with Gasteiger partial charge in [-0.15, -0.1) is 0 Å². The maximum atomic E-state index is 11.9. The molecule has 0 amide bonds. The maximum absolute atomic E-state index is 11.9. The van der Waals surface area contributed by atoms with E-state index in [0.717, 1.165) is 17.8 Å². The number of benzene rings is 1. The van der Waals surface area contributed by atoms with Crippen molar-refractivity contribution in [2.45, 2.75) is 20.4 Å². The van der Waals surface area contributed by atoms with Crippen molar-refractivity contribution < 1.29 is 0 Å². The van der Waals surface area contributed by atoms with Crippen molar-refractivity contribution in [3.05, 3.63) is 58.0 Å². The predicted octanol–water partition coefficient (Wildman–Crippen LogP) is 2.03. The molecule has 94 valence electrons. The van der Waals surface area contributed by atoms with Gasteiger partial charge in [-0.1, -0.05) is 24.3 Å². The summed E-state index contributed by atoms with van der Waals surface area (Å²) in [6.45, 7) is 5.31. The second-order valence-corrected chi connectivity index (χ2v) is 4.20. The second-order valence-electron chi connectivity index (χ2n) is 4.20. The summed E-state index contributed by atoms with van der Waals surface area (Å²) >= 11 is 0. The highest BCUT2D eigenvalue weighted by Crippen LogP contribution is 2.08. The Morgan fingerprint density at radius 3 is 2.78 bits per heavy atom. The van der Waals surface area contributed by atoms with Crippen LogP contribution in [0.2, 0.25) is 0 Å². The smallest absolute Gasteiger partial charge is 0.269 e. The fraction of sp³-hybridized carbons (Fsp3) is 0.286. The lowest BCUT2D eigenvalue weighted by Crippen LogP contribution is -2.23. The molecule has 0 radical (unpaired) electrons. The van der Waals surface area contributed by atoms with Gasteiger partial charge >= 0.3 is 0 Å². The summed E-state index contributed by atoms with van der Waals surface area (Å²) in [4.78, 5) is 11.9. The summed E-state index contributed by atoms with van der Waals surface area (Å²) in [5.74, 6) is 0. The molecule has 0 saturated heterocycles. The second kappa shape index (κ2) is 5.49. The molecule has 4 nitrogen and oxygen atoms in total. The van der Waals surface area contributed by atoms with Gasteiger partial charge in [0, 0.05) is 12.6 Å². The van der Waals surface area contributed by atoms with E-state index < -0.39 is 0 Å². The van der Waals surface area contributed by atoms with E-state index in [9.17, 15) is 4.79 Å². The quantitative estimate of drug-likeness (QED) is 0.893. The summed E-state index contributed by atoms with van der Waals surface area (Å²) < 4.78 is 1.48. The van der Waals surface area contributed by atoms with Crippen molar-refractivity contribution in [2.24, 2.45) is 0 Å². The number of nitrogens with zero attached hydrogens (tertiary/aromatic N) is 2. The van der Waals surface area contributed by atoms with Gasteiger partial charge in [0.1, 0.15) is 0 Å². The zero-order valence-electron chi connectivity index (χ0n) is 10.7. The van der Waals surface area contributed by atoms with E-state index in [1.165, 1.54) is 10.2 Å². The van der Waals surface area contributed by atoms with E-state index >= 15 is 0 Å². The van der Waals surface area contributed by atoms with Crippen LogP contribution >= 0.6 is 0 Å². The fourth-order valence-corrected chi connectivity index (χ4v) is 1.80. The van der Waals surface area contributed by atoms with Crippen molar-refractivity contribution in [2.75, 3.05) is 11.9 Å². The van der Waals surface area contributed by atoms with E-state index in [-0.39, 0.29) is 5.56 Å². The molecule has 1 aromatic heterocycles. The maximum Gasteiger partial charge on any atom is 0.269 e. The number of hydrogen-bond donors (Lipinski definition) is 1. The van der Waals surface area contributed by atoms with Crippen LogP contribution in [0.1, 0.15) is 18.1 Å². The van der Waals surface area contributed by atoms with Crippen LogP contribution in [0.15, 0.2) is 41.3 Å². The highest BCUT2D eigenvalue weighted by Gasteiger charge is 2.02. The zero-order chi connectivity index (χ0) is 13.0. The Morgan fingerprint density at radius 1 is 1.33 bits per heavy atom. The van der Waals surface area contributed by atoms with Crippen molar-refractivity contribution in [3.8, 4) is 0 Å². The Kier molecular flexibility index (Phi) is 3.77. The topological polar surface area (TPSA) is 46.9 Å². The Balaban J connectivity index is 2.25. The van der Waals surface area contributed by atoms with E-state index in [1.54, 1.807) is 12.3 Å². The molecule has 1 heterocycles. The standard InChI is InChI=1S/C14H17N3O/c1-3-15-13-8-14(18)17(16-9-13)10-12-7-5-4-6-11(12)2/h4-9,15H,3,10H2,1-2H3. The molecule has 0 aliphatic carbocycles. The molecule has 2 aromatic rings. The molecule has 1 aromatic carbocycles. The first kappa shape index (κ1) is 12.4. The Hall–Kier alpha value is -2.10. The third-order valence-corrected chi connectivity index (χ3v) is 2.83. The molecule has 0 saturated carbocycles. The lowest BCUT2D eigenvalue weighted by atomic mass is 10.1. The third-order valence-electron chi connectivity index (χ3n) is 2.83. The number of anilines is 1. The number of aryl methyl sites for hydroxylation is 1. The predicted molar refractivity (Wildman–Crippen MR) is 72.9 cm³/mol. The van der Waals surface area contributed by atoms with Crippen LogP contribution < -0.4 is 10.9 Å². The van der Waals surface area contributed by atoms with Gasteiger partial charge in [0.15, 0.2) is 0 Å². The monoisotopic (exact) mass is 243 g/mol. The van der Waals surface area contributed by atoms with Crippen molar-refractivity contribution in [1.29, 1.82) is 0 Å². The third kappa shape index (κ3) is 2.77. The summed E-state index contributed by atoms with van der Waals surface area (Å²) in [6.07, 6.45) is 1.68. The fourth-order valence-electron chi connectivity index (χ4n) is 1.80. The van der Waals surface area contributed by atoms with E-state index in [1.807, 2.05) is 38.1 Å². The lowest BCUT2D eigenvalue weighted by molar-refractivity contribution is 0.637. The van der Waals surface area contributed by atoms with Gasteiger partial charge in [0.25, 0.3) is 5.56 Å². The number of nitrogens with one attached hydrogen (secondary N) is 1. The van der Waals surface area contributed by atoms with E-state index in [2.05, 4.69) is 10.4 Å². The summed E-state index contributed by atoms with van der Waals surface area (Å²) in [5, 5.41) is 7.25. The normalized spacial score (nSPS) is 10.3. The highest BCUT2D eigenvalue weighted by molar-refractivity contribution is 5.38. The minimum Gasteiger partial charge on any atom is -0.384 e. The molecule has 2 rings (SSSR count). The van der Waals surface area contributed by atoms with Gasteiger partial charge in [-0.3, -0.25) is 4.79 Å². The molecular formula is C14H17N3O. The molecule has 0 bridgehead atoms. The first-order valence-electron chi connectivity index (χ1n) is 6.06. The van der Waals surface area contributed by atoms with Gasteiger partial charge < -0.3 is 5.32 Å². The van der Waals surface area contributed by atoms with Gasteiger partial charge in [0.05, 0.1) is 18.4 Å². The molecule has 0 spiro atoms. The van der Waals surface area contributed by atoms with Crippen LogP contribution in [-0.4, -0.2) is 16.3 Å². The Labute approximate surface area is 106 Å². The molecule has 0 aliphatic rings.